The smallest absolute Gasteiger partial charge is 0.152 e. The Morgan fingerprint density at radius 1 is 0.379 bits per heavy atom. The molecule has 8 bridgehead atoms. The van der Waals surface area contributed by atoms with Crippen molar-refractivity contribution in [1.29, 1.82) is 0 Å². The Hall–Kier alpha value is -6.85. The van der Waals surface area contributed by atoms with E-state index in [-0.39, 0.29) is 0 Å². The van der Waals surface area contributed by atoms with Gasteiger partial charge in [0.15, 0.2) is 6.29 Å². The maximum Gasteiger partial charge on any atom is 0.152 e. The first kappa shape index (κ1) is 36.8. The maximum absolute atomic E-state index is 13.3. The number of hydrogen-bond donors (Lipinski definition) is 2. The van der Waals surface area contributed by atoms with Crippen LogP contribution in [0.15, 0.2) is 91.0 Å². The summed E-state index contributed by atoms with van der Waals surface area (Å²) >= 11 is 0. The number of aromatic amines is 2. The Bertz CT molecular complexity index is 3030. The average molecular weight is 755 g/mol. The number of fused-ring (bicyclic) bond motifs is 8. The van der Waals surface area contributed by atoms with Crippen LogP contribution in [0, 0.1) is 55.4 Å². The van der Waals surface area contributed by atoms with Crippen LogP contribution in [0.5, 0.6) is 0 Å². The van der Waals surface area contributed by atoms with E-state index < -0.39 is 0 Å². The normalized spacial score (nSPS) is 12.1. The number of benzene rings is 4. The SMILES string of the molecule is Cc1cccc(C)c1-c1c2nc(c(-c3c(C)cccc3C)c3cc(C=O)c([nH]3)c(-c3c(C)cccc3C)c3nc(c(-c4c(C)cccc4C)c4ccc1[nH]4)C=C3)C=C2. The van der Waals surface area contributed by atoms with Crippen molar-refractivity contribution in [3.8, 4) is 44.5 Å². The van der Waals surface area contributed by atoms with Crippen LogP contribution in [0.1, 0.15) is 77.6 Å². The summed E-state index contributed by atoms with van der Waals surface area (Å²) < 4.78 is 0. The van der Waals surface area contributed by atoms with Crippen LogP contribution in [0.2, 0.25) is 0 Å². The van der Waals surface area contributed by atoms with Crippen molar-refractivity contribution in [2.24, 2.45) is 0 Å². The summed E-state index contributed by atoms with van der Waals surface area (Å²) in [6, 6.07) is 32.0. The largest absolute Gasteiger partial charge is 0.354 e. The second-order valence-electron chi connectivity index (χ2n) is 15.9. The molecule has 4 aromatic carbocycles. The molecule has 5 nitrogen and oxygen atoms in total. The molecule has 0 atom stereocenters. The Kier molecular flexibility index (Phi) is 9.04. The van der Waals surface area contributed by atoms with Crippen LogP contribution in [-0.4, -0.2) is 26.2 Å². The molecule has 7 aromatic rings. The summed E-state index contributed by atoms with van der Waals surface area (Å²) in [5, 5.41) is 0. The minimum absolute atomic E-state index is 0.562. The molecule has 0 fully saturated rings. The molecule has 3 aromatic heterocycles. The second-order valence-corrected chi connectivity index (χ2v) is 15.9. The molecule has 2 aliphatic heterocycles. The Morgan fingerprint density at radius 2 is 0.690 bits per heavy atom. The Balaban J connectivity index is 1.58. The number of aldehydes is 1. The number of aromatic nitrogens is 4. The van der Waals surface area contributed by atoms with E-state index in [9.17, 15) is 4.79 Å². The average Bonchev–Trinajstić information content (AvgIpc) is 4.03. The first-order chi connectivity index (χ1) is 28.0. The number of H-pyrrole nitrogens is 2. The molecule has 0 saturated carbocycles. The van der Waals surface area contributed by atoms with Gasteiger partial charge in [-0.3, -0.25) is 4.79 Å². The third-order valence-electron chi connectivity index (χ3n) is 11.9. The van der Waals surface area contributed by atoms with Crippen molar-refractivity contribution in [2.75, 3.05) is 0 Å². The van der Waals surface area contributed by atoms with Crippen molar-refractivity contribution in [2.45, 2.75) is 55.4 Å². The molecule has 0 radical (unpaired) electrons. The first-order valence-electron chi connectivity index (χ1n) is 20.0. The summed E-state index contributed by atoms with van der Waals surface area (Å²) in [5.74, 6) is 0. The quantitative estimate of drug-likeness (QED) is 0.172. The highest BCUT2D eigenvalue weighted by Gasteiger charge is 2.24. The van der Waals surface area contributed by atoms with Crippen molar-refractivity contribution in [3.63, 3.8) is 0 Å². The predicted molar refractivity (Wildman–Crippen MR) is 244 cm³/mol. The lowest BCUT2D eigenvalue weighted by Crippen LogP contribution is -1.95. The zero-order chi connectivity index (χ0) is 40.4. The van der Waals surface area contributed by atoms with E-state index in [4.69, 9.17) is 9.97 Å². The number of nitrogens with one attached hydrogen (secondary N) is 2. The molecule has 9 rings (SSSR count). The second kappa shape index (κ2) is 14.3. The van der Waals surface area contributed by atoms with E-state index in [0.29, 0.717) is 5.56 Å². The van der Waals surface area contributed by atoms with Crippen molar-refractivity contribution in [1.82, 2.24) is 19.9 Å². The van der Waals surface area contributed by atoms with Gasteiger partial charge in [-0.25, -0.2) is 9.97 Å². The van der Waals surface area contributed by atoms with Gasteiger partial charge in [-0.15, -0.1) is 0 Å². The lowest BCUT2D eigenvalue weighted by Gasteiger charge is -2.13. The highest BCUT2D eigenvalue weighted by Crippen LogP contribution is 2.43. The Labute approximate surface area is 339 Å². The highest BCUT2D eigenvalue weighted by atomic mass is 16.1. The molecule has 58 heavy (non-hydrogen) atoms. The van der Waals surface area contributed by atoms with Crippen molar-refractivity contribution >= 4 is 52.7 Å². The number of nitrogens with zero attached hydrogens (tertiary/aromatic N) is 2. The van der Waals surface area contributed by atoms with Gasteiger partial charge in [0.2, 0.25) is 0 Å². The van der Waals surface area contributed by atoms with Crippen LogP contribution in [-0.2, 0) is 0 Å². The van der Waals surface area contributed by atoms with Gasteiger partial charge in [-0.1, -0.05) is 72.8 Å². The number of hydrogen-bond acceptors (Lipinski definition) is 3. The molecule has 0 amide bonds. The molecule has 0 aliphatic carbocycles. The number of carbonyl (C=O) groups excluding carboxylic acids is 1. The number of aryl methyl sites for hydroxylation is 8. The van der Waals surface area contributed by atoms with E-state index in [1.807, 2.05) is 6.07 Å². The minimum atomic E-state index is 0.562. The molecule has 2 N–H and O–H groups in total. The van der Waals surface area contributed by atoms with Gasteiger partial charge in [0.1, 0.15) is 0 Å². The summed E-state index contributed by atoms with van der Waals surface area (Å²) in [4.78, 5) is 32.1. The van der Waals surface area contributed by atoms with Crippen LogP contribution >= 0.6 is 0 Å². The standard InChI is InChI=1S/C53H46N4O/c1-29-13-9-14-30(2)45(29)49-38-21-22-39(54-38)50(46-31(3)15-10-16-32(46)4)41-25-26-43(56-41)52(48-35(7)19-12-20-36(48)8)53-37(28-58)27-44(57-53)51(42-24-23-40(49)55-42)47-33(5)17-11-18-34(47)6/h9-28,54,57H,1-8H3. The summed E-state index contributed by atoms with van der Waals surface area (Å²) in [6.45, 7) is 17.2. The molecule has 5 heteroatoms. The molecule has 284 valence electrons. The van der Waals surface area contributed by atoms with Gasteiger partial charge in [-0.05, 0) is 165 Å². The molecular formula is C53H46N4O. The van der Waals surface area contributed by atoms with E-state index in [2.05, 4.69) is 175 Å². The first-order valence-corrected chi connectivity index (χ1v) is 20.0. The maximum atomic E-state index is 13.3. The highest BCUT2D eigenvalue weighted by molar-refractivity contribution is 6.06. The topological polar surface area (TPSA) is 74.4 Å². The van der Waals surface area contributed by atoms with Crippen molar-refractivity contribution < 1.29 is 4.79 Å². The fourth-order valence-corrected chi connectivity index (χ4v) is 9.29. The predicted octanol–water partition coefficient (Wildman–Crippen LogP) is 13.6. The number of carbonyl (C=O) groups is 1. The molecule has 0 spiro atoms. The molecular weight excluding hydrogens is 709 g/mol. The van der Waals surface area contributed by atoms with Crippen LogP contribution < -0.4 is 0 Å². The van der Waals surface area contributed by atoms with Crippen LogP contribution in [0.4, 0.5) is 0 Å². The van der Waals surface area contributed by atoms with Gasteiger partial charge in [0.25, 0.3) is 0 Å². The fourth-order valence-electron chi connectivity index (χ4n) is 9.29. The van der Waals surface area contributed by atoms with E-state index in [1.54, 1.807) is 0 Å². The lowest BCUT2D eigenvalue weighted by atomic mass is 9.93. The lowest BCUT2D eigenvalue weighted by molar-refractivity contribution is 0.112. The zero-order valence-electron chi connectivity index (χ0n) is 34.3. The van der Waals surface area contributed by atoms with Gasteiger partial charge >= 0.3 is 0 Å². The molecule has 0 unspecified atom stereocenters. The van der Waals surface area contributed by atoms with Crippen molar-refractivity contribution in [3.05, 3.63) is 164 Å². The minimum Gasteiger partial charge on any atom is -0.354 e. The van der Waals surface area contributed by atoms with Crippen LogP contribution in [0.25, 0.3) is 90.9 Å². The molecule has 5 heterocycles. The van der Waals surface area contributed by atoms with Gasteiger partial charge in [0, 0.05) is 44.4 Å². The van der Waals surface area contributed by atoms with Gasteiger partial charge in [-0.2, -0.15) is 0 Å². The summed E-state index contributed by atoms with van der Waals surface area (Å²) in [5.41, 5.74) is 24.8. The number of rotatable bonds is 5. The molecule has 2 aliphatic rings. The van der Waals surface area contributed by atoms with Gasteiger partial charge in [0.05, 0.1) is 28.3 Å². The zero-order valence-corrected chi connectivity index (χ0v) is 34.3. The van der Waals surface area contributed by atoms with Crippen LogP contribution in [0.3, 0.4) is 0 Å². The Morgan fingerprint density at radius 3 is 1.03 bits per heavy atom. The third-order valence-corrected chi connectivity index (χ3v) is 11.9. The monoisotopic (exact) mass is 754 g/mol. The summed E-state index contributed by atoms with van der Waals surface area (Å²) in [6.07, 6.45) is 9.47. The van der Waals surface area contributed by atoms with E-state index >= 15 is 0 Å². The summed E-state index contributed by atoms with van der Waals surface area (Å²) in [7, 11) is 0. The van der Waals surface area contributed by atoms with E-state index in [0.717, 1.165) is 129 Å². The fraction of sp³-hybridized carbons (Fsp3) is 0.151. The molecule has 0 saturated heterocycles. The third kappa shape index (κ3) is 5.97. The van der Waals surface area contributed by atoms with E-state index in [1.165, 1.54) is 11.1 Å². The van der Waals surface area contributed by atoms with Gasteiger partial charge < -0.3 is 9.97 Å².